The van der Waals surface area contributed by atoms with Crippen LogP contribution in [0.15, 0.2) is 97.1 Å². The van der Waals surface area contributed by atoms with Gasteiger partial charge in [0.2, 0.25) is 6.71 Å². The summed E-state index contributed by atoms with van der Waals surface area (Å²) in [5, 5.41) is 14.9. The van der Waals surface area contributed by atoms with Crippen LogP contribution in [0.3, 0.4) is 0 Å². The fourth-order valence-corrected chi connectivity index (χ4v) is 7.29. The Morgan fingerprint density at radius 1 is 0.488 bits per heavy atom. The number of hydrogen-bond acceptors (Lipinski definition) is 1. The summed E-state index contributed by atoms with van der Waals surface area (Å²) in [5.41, 5.74) is 14.8. The summed E-state index contributed by atoms with van der Waals surface area (Å²) < 4.78 is 0. The highest BCUT2D eigenvalue weighted by Crippen LogP contribution is 2.37. The van der Waals surface area contributed by atoms with Crippen molar-refractivity contribution in [2.24, 2.45) is 0 Å². The molecule has 198 valence electrons. The maximum Gasteiger partial charge on any atom is 0.244 e. The minimum absolute atomic E-state index is 0.0475. The molecule has 0 aliphatic heterocycles. The van der Waals surface area contributed by atoms with Crippen LogP contribution in [0, 0.1) is 52.9 Å². The molecule has 0 spiro atoms. The van der Waals surface area contributed by atoms with Gasteiger partial charge in [0.15, 0.2) is 0 Å². The summed E-state index contributed by atoms with van der Waals surface area (Å²) in [4.78, 5) is 0. The molecule has 0 radical (unpaired) electrons. The van der Waals surface area contributed by atoms with E-state index < -0.39 is 0 Å². The average molecular weight is 528 g/mol. The third-order valence-corrected chi connectivity index (χ3v) is 8.63. The Kier molecular flexibility index (Phi) is 6.76. The van der Waals surface area contributed by atoms with Crippen molar-refractivity contribution in [3.8, 4) is 17.2 Å². The van der Waals surface area contributed by atoms with Crippen LogP contribution >= 0.6 is 0 Å². The smallest absolute Gasteiger partial charge is 0.192 e. The van der Waals surface area contributed by atoms with Crippen molar-refractivity contribution in [1.82, 2.24) is 0 Å². The van der Waals surface area contributed by atoms with Crippen molar-refractivity contribution in [1.29, 1.82) is 5.26 Å². The Morgan fingerprint density at radius 3 is 1.32 bits per heavy atom. The molecule has 0 fully saturated rings. The summed E-state index contributed by atoms with van der Waals surface area (Å²) in [6, 6.07) is 37.3. The van der Waals surface area contributed by atoms with Gasteiger partial charge in [0.25, 0.3) is 0 Å². The van der Waals surface area contributed by atoms with Crippen LogP contribution in [0.5, 0.6) is 0 Å². The Hall–Kier alpha value is -4.61. The molecule has 41 heavy (non-hydrogen) atoms. The second-order valence-electron chi connectivity index (χ2n) is 11.6. The van der Waals surface area contributed by atoms with E-state index in [4.69, 9.17) is 0 Å². The van der Waals surface area contributed by atoms with Crippen molar-refractivity contribution >= 4 is 44.6 Å². The Bertz CT molecular complexity index is 1860. The zero-order valence-corrected chi connectivity index (χ0v) is 24.8. The summed E-state index contributed by atoms with van der Waals surface area (Å²) in [5.74, 6) is 0. The average Bonchev–Trinajstić information content (AvgIpc) is 2.94. The van der Waals surface area contributed by atoms with Crippen LogP contribution in [-0.2, 0) is 0 Å². The van der Waals surface area contributed by atoms with E-state index in [1.165, 1.54) is 71.3 Å². The molecule has 6 rings (SSSR count). The molecule has 2 heteroatoms. The largest absolute Gasteiger partial charge is 0.244 e. The van der Waals surface area contributed by atoms with Crippen molar-refractivity contribution in [3.05, 3.63) is 136 Å². The van der Waals surface area contributed by atoms with Gasteiger partial charge in [-0.15, -0.1) is 0 Å². The molecule has 0 heterocycles. The van der Waals surface area contributed by atoms with Gasteiger partial charge in [-0.05, 0) is 74.7 Å². The lowest BCUT2D eigenvalue weighted by atomic mass is 9.33. The van der Waals surface area contributed by atoms with E-state index in [9.17, 15) is 5.26 Å². The number of benzene rings is 6. The second kappa shape index (κ2) is 10.4. The molecule has 0 atom stereocenters. The third-order valence-electron chi connectivity index (χ3n) is 8.63. The number of rotatable bonds is 4. The first-order valence-corrected chi connectivity index (χ1v) is 14.4. The molecule has 0 N–H and O–H groups in total. The quantitative estimate of drug-likeness (QED) is 0.169. The molecule has 0 aromatic heterocycles. The molecule has 0 aliphatic rings. The van der Waals surface area contributed by atoms with Gasteiger partial charge in [-0.1, -0.05) is 141 Å². The summed E-state index contributed by atoms with van der Waals surface area (Å²) in [6.45, 7) is 13.5. The predicted octanol–water partition coefficient (Wildman–Crippen LogP) is 7.90. The first-order valence-electron chi connectivity index (χ1n) is 14.4. The first kappa shape index (κ1) is 26.6. The van der Waals surface area contributed by atoms with Gasteiger partial charge in [-0.3, -0.25) is 0 Å². The zero-order valence-electron chi connectivity index (χ0n) is 24.8. The van der Waals surface area contributed by atoms with E-state index in [1.807, 2.05) is 18.2 Å². The maximum atomic E-state index is 10.1. The Balaban J connectivity index is 1.85. The molecule has 6 aromatic carbocycles. The monoisotopic (exact) mass is 527 g/mol. The number of nitriles is 1. The highest BCUT2D eigenvalue weighted by Gasteiger charge is 2.32. The van der Waals surface area contributed by atoms with E-state index in [1.54, 1.807) is 0 Å². The van der Waals surface area contributed by atoms with Crippen LogP contribution in [0.25, 0.3) is 32.7 Å². The molecule has 1 nitrogen and oxygen atoms in total. The van der Waals surface area contributed by atoms with E-state index >= 15 is 0 Å². The molecule has 0 saturated heterocycles. The van der Waals surface area contributed by atoms with Crippen LogP contribution in [0.1, 0.15) is 38.9 Å². The van der Waals surface area contributed by atoms with Crippen LogP contribution in [0.2, 0.25) is 0 Å². The summed E-state index contributed by atoms with van der Waals surface area (Å²) in [7, 11) is 0. The van der Waals surface area contributed by atoms with Crippen LogP contribution in [-0.4, -0.2) is 6.71 Å². The lowest BCUT2D eigenvalue weighted by Gasteiger charge is -2.28. The zero-order chi connectivity index (χ0) is 28.8. The van der Waals surface area contributed by atoms with Crippen LogP contribution < -0.4 is 16.4 Å². The van der Waals surface area contributed by atoms with Gasteiger partial charge in [-0.25, -0.2) is 0 Å². The van der Waals surface area contributed by atoms with Gasteiger partial charge in [0, 0.05) is 5.56 Å². The number of nitrogens with zero attached hydrogens (tertiary/aromatic N) is 1. The normalized spacial score (nSPS) is 11.1. The second-order valence-corrected chi connectivity index (χ2v) is 11.6. The van der Waals surface area contributed by atoms with Gasteiger partial charge in [-0.2, -0.15) is 5.26 Å². The number of hydrogen-bond donors (Lipinski definition) is 0. The van der Waals surface area contributed by atoms with E-state index in [-0.39, 0.29) is 6.71 Å². The lowest BCUT2D eigenvalue weighted by molar-refractivity contribution is 1.34. The highest BCUT2D eigenvalue weighted by atomic mass is 14.3. The molecule has 0 unspecified atom stereocenters. The predicted molar refractivity (Wildman–Crippen MR) is 178 cm³/mol. The van der Waals surface area contributed by atoms with Crippen molar-refractivity contribution < 1.29 is 0 Å². The molecule has 0 bridgehead atoms. The summed E-state index contributed by atoms with van der Waals surface area (Å²) in [6.07, 6.45) is 0. The Labute approximate surface area is 244 Å². The molecule has 0 amide bonds. The van der Waals surface area contributed by atoms with Crippen molar-refractivity contribution in [2.75, 3.05) is 0 Å². The third kappa shape index (κ3) is 4.43. The molecular weight excluding hydrogens is 493 g/mol. The molecule has 6 aromatic rings. The van der Waals surface area contributed by atoms with Crippen molar-refractivity contribution in [2.45, 2.75) is 41.5 Å². The van der Waals surface area contributed by atoms with E-state index in [0.29, 0.717) is 5.56 Å². The number of aryl methyl sites for hydroxylation is 6. The number of fused-ring (bicyclic) bond motifs is 2. The van der Waals surface area contributed by atoms with Gasteiger partial charge < -0.3 is 0 Å². The molecular formula is C39H34BN. The van der Waals surface area contributed by atoms with E-state index in [0.717, 1.165) is 11.1 Å². The minimum Gasteiger partial charge on any atom is -0.192 e. The molecule has 0 saturated carbocycles. The lowest BCUT2D eigenvalue weighted by Crippen LogP contribution is -2.56. The van der Waals surface area contributed by atoms with Gasteiger partial charge in [0.1, 0.15) is 0 Å². The van der Waals surface area contributed by atoms with Crippen LogP contribution in [0.4, 0.5) is 0 Å². The van der Waals surface area contributed by atoms with Crippen molar-refractivity contribution in [3.63, 3.8) is 0 Å². The fourth-order valence-electron chi connectivity index (χ4n) is 7.29. The Morgan fingerprint density at radius 2 is 0.878 bits per heavy atom. The van der Waals surface area contributed by atoms with E-state index in [2.05, 4.69) is 126 Å². The first-order chi connectivity index (χ1) is 19.8. The topological polar surface area (TPSA) is 23.8 Å². The SMILES string of the molecule is Cc1cc(C)c(B(c2c(C)cc(C)cc2C)c2c3ccccc3c(-c3ccccc3C#N)c3ccccc23)c(C)c1. The van der Waals surface area contributed by atoms with Gasteiger partial charge in [0.05, 0.1) is 11.6 Å². The highest BCUT2D eigenvalue weighted by molar-refractivity contribution is 6.99. The van der Waals surface area contributed by atoms with Gasteiger partial charge >= 0.3 is 0 Å². The maximum absolute atomic E-state index is 10.1. The summed E-state index contributed by atoms with van der Waals surface area (Å²) >= 11 is 0. The minimum atomic E-state index is 0.0475. The fraction of sp³-hybridized carbons (Fsp3) is 0.154. The standard InChI is InChI=1S/C39H34BN/c1-24-19-26(3)37(27(4)20-24)40(38-28(5)21-25(2)22-29(38)6)39-34-17-11-9-15-32(34)36(33-16-10-12-18-35(33)39)31-14-8-7-13-30(31)23-41/h7-22H,1-6H3. The molecule has 0 aliphatic carbocycles.